The molecular formula is C28H27NO6S. The second-order valence-electron chi connectivity index (χ2n) is 9.30. The fraction of sp³-hybridized carbons (Fsp3) is 0.286. The lowest BCUT2D eigenvalue weighted by atomic mass is 9.93. The molecule has 0 atom stereocenters. The van der Waals surface area contributed by atoms with Crippen molar-refractivity contribution >= 4 is 39.1 Å². The van der Waals surface area contributed by atoms with Crippen LogP contribution in [0.2, 0.25) is 0 Å². The molecule has 2 aromatic carbocycles. The highest BCUT2D eigenvalue weighted by atomic mass is 32.2. The van der Waals surface area contributed by atoms with Gasteiger partial charge >= 0.3 is 5.97 Å². The van der Waals surface area contributed by atoms with E-state index in [9.17, 15) is 18.0 Å². The third kappa shape index (κ3) is 4.48. The fourth-order valence-electron chi connectivity index (χ4n) is 5.12. The Morgan fingerprint density at radius 1 is 1.11 bits per heavy atom. The number of carboxylic acid groups (broad SMARTS) is 1. The maximum atomic E-state index is 13.3. The number of sulfone groups is 1. The molecule has 0 fully saturated rings. The summed E-state index contributed by atoms with van der Waals surface area (Å²) in [4.78, 5) is 24.3. The largest absolute Gasteiger partial charge is 0.481 e. The molecule has 1 amide bonds. The maximum Gasteiger partial charge on any atom is 0.303 e. The number of furan rings is 1. The monoisotopic (exact) mass is 505 g/mol. The van der Waals surface area contributed by atoms with Crippen molar-refractivity contribution in [3.8, 4) is 0 Å². The molecule has 0 bridgehead atoms. The van der Waals surface area contributed by atoms with Crippen molar-refractivity contribution in [2.45, 2.75) is 56.1 Å². The van der Waals surface area contributed by atoms with Gasteiger partial charge in [0.1, 0.15) is 11.5 Å². The van der Waals surface area contributed by atoms with Gasteiger partial charge in [0.15, 0.2) is 9.84 Å². The minimum atomic E-state index is -3.62. The Labute approximate surface area is 209 Å². The molecule has 1 aliphatic carbocycles. The number of hydrogen-bond acceptors (Lipinski definition) is 5. The molecule has 5 rings (SSSR count). The number of benzene rings is 2. The lowest BCUT2D eigenvalue weighted by Gasteiger charge is -2.11. The van der Waals surface area contributed by atoms with Gasteiger partial charge in [-0.25, -0.2) is 8.42 Å². The van der Waals surface area contributed by atoms with E-state index in [1.165, 1.54) is 0 Å². The lowest BCUT2D eigenvalue weighted by molar-refractivity contribution is -0.137. The summed E-state index contributed by atoms with van der Waals surface area (Å²) >= 11 is 0. The number of carboxylic acids is 1. The summed E-state index contributed by atoms with van der Waals surface area (Å²) < 4.78 is 32.7. The average molecular weight is 506 g/mol. The number of carbonyl (C=O) groups is 2. The number of anilines is 1. The van der Waals surface area contributed by atoms with Gasteiger partial charge in [0.25, 0.3) is 5.91 Å². The predicted octanol–water partition coefficient (Wildman–Crippen LogP) is 4.95. The van der Waals surface area contributed by atoms with Gasteiger partial charge in [-0.2, -0.15) is 0 Å². The lowest BCUT2D eigenvalue weighted by Crippen LogP contribution is -2.09. The van der Waals surface area contributed by atoms with Crippen molar-refractivity contribution in [1.82, 2.24) is 0 Å². The van der Waals surface area contributed by atoms with Crippen molar-refractivity contribution in [2.75, 3.05) is 5.32 Å². The Morgan fingerprint density at radius 3 is 2.61 bits per heavy atom. The molecule has 2 aliphatic rings. The minimum absolute atomic E-state index is 0.00749. The van der Waals surface area contributed by atoms with Gasteiger partial charge in [-0.15, -0.1) is 0 Å². The van der Waals surface area contributed by atoms with Gasteiger partial charge in [0, 0.05) is 29.7 Å². The summed E-state index contributed by atoms with van der Waals surface area (Å²) in [7, 11) is -3.62. The second-order valence-corrected chi connectivity index (χ2v) is 11.3. The van der Waals surface area contributed by atoms with Crippen LogP contribution in [-0.4, -0.2) is 25.4 Å². The van der Waals surface area contributed by atoms with Crippen LogP contribution < -0.4 is 5.32 Å². The Kier molecular flexibility index (Phi) is 6.30. The predicted molar refractivity (Wildman–Crippen MR) is 136 cm³/mol. The highest BCUT2D eigenvalue weighted by molar-refractivity contribution is 7.90. The Balaban J connectivity index is 1.60. The molecule has 186 valence electrons. The number of rotatable bonds is 7. The molecule has 0 spiro atoms. The van der Waals surface area contributed by atoms with Gasteiger partial charge in [0.05, 0.1) is 16.2 Å². The molecule has 8 heteroatoms. The van der Waals surface area contributed by atoms with Crippen molar-refractivity contribution in [2.24, 2.45) is 0 Å². The van der Waals surface area contributed by atoms with Crippen molar-refractivity contribution in [3.63, 3.8) is 0 Å². The van der Waals surface area contributed by atoms with Gasteiger partial charge < -0.3 is 14.8 Å². The van der Waals surface area contributed by atoms with Crippen LogP contribution in [0.15, 0.2) is 51.8 Å². The molecule has 0 saturated carbocycles. The van der Waals surface area contributed by atoms with Gasteiger partial charge in [-0.3, -0.25) is 9.59 Å². The minimum Gasteiger partial charge on any atom is -0.481 e. The third-order valence-corrected chi connectivity index (χ3v) is 8.63. The van der Waals surface area contributed by atoms with Crippen LogP contribution >= 0.6 is 0 Å². The smallest absolute Gasteiger partial charge is 0.303 e. The summed E-state index contributed by atoms with van der Waals surface area (Å²) in [5.74, 6) is -0.201. The van der Waals surface area contributed by atoms with E-state index in [1.54, 1.807) is 42.5 Å². The topological polar surface area (TPSA) is 114 Å². The molecule has 0 saturated heterocycles. The van der Waals surface area contributed by atoms with Crippen LogP contribution in [0.25, 0.3) is 11.6 Å². The van der Waals surface area contributed by atoms with E-state index in [2.05, 4.69) is 5.32 Å². The van der Waals surface area contributed by atoms with Crippen LogP contribution in [0.1, 0.15) is 58.6 Å². The van der Waals surface area contributed by atoms with E-state index < -0.39 is 15.8 Å². The zero-order chi connectivity index (χ0) is 25.4. The first kappa shape index (κ1) is 24.1. The van der Waals surface area contributed by atoms with Gasteiger partial charge in [0.2, 0.25) is 0 Å². The Morgan fingerprint density at radius 2 is 1.86 bits per heavy atom. The molecule has 7 nitrogen and oxygen atoms in total. The number of hydrogen-bond donors (Lipinski definition) is 2. The molecule has 0 unspecified atom stereocenters. The van der Waals surface area contributed by atoms with Crippen LogP contribution in [-0.2, 0) is 44.4 Å². The number of aryl methyl sites for hydroxylation is 2. The quantitative estimate of drug-likeness (QED) is 0.439. The number of fused-ring (bicyclic) bond motifs is 2. The van der Waals surface area contributed by atoms with E-state index in [4.69, 9.17) is 9.52 Å². The first-order chi connectivity index (χ1) is 17.2. The normalized spacial score (nSPS) is 16.0. The molecule has 36 heavy (non-hydrogen) atoms. The van der Waals surface area contributed by atoms with Crippen molar-refractivity contribution in [1.29, 1.82) is 0 Å². The SMILES string of the molecule is Cc1c(CCC(=O)O)ccc2c1C(=Cc1oc3c(c1CS(=O)(=O)c1ccccc1)CCCC3)C(=O)N2. The van der Waals surface area contributed by atoms with E-state index in [1.807, 2.05) is 13.0 Å². The summed E-state index contributed by atoms with van der Waals surface area (Å²) in [6.07, 6.45) is 5.40. The van der Waals surface area contributed by atoms with Crippen molar-refractivity contribution in [3.05, 3.63) is 81.8 Å². The van der Waals surface area contributed by atoms with Crippen LogP contribution in [0.4, 0.5) is 5.69 Å². The highest BCUT2D eigenvalue weighted by Gasteiger charge is 2.31. The second kappa shape index (κ2) is 9.43. The third-order valence-electron chi connectivity index (χ3n) is 6.97. The number of aliphatic carboxylic acids is 1. The fourth-order valence-corrected chi connectivity index (χ4v) is 6.55. The zero-order valence-electron chi connectivity index (χ0n) is 20.0. The van der Waals surface area contributed by atoms with Crippen LogP contribution in [0.3, 0.4) is 0 Å². The number of amides is 1. The van der Waals surface area contributed by atoms with E-state index in [-0.39, 0.29) is 23.0 Å². The Bertz CT molecular complexity index is 1500. The molecule has 0 radical (unpaired) electrons. The van der Waals surface area contributed by atoms with Crippen LogP contribution in [0.5, 0.6) is 0 Å². The molecule has 2 heterocycles. The molecule has 1 aliphatic heterocycles. The first-order valence-corrected chi connectivity index (χ1v) is 13.7. The van der Waals surface area contributed by atoms with Gasteiger partial charge in [-0.1, -0.05) is 24.3 Å². The average Bonchev–Trinajstić information content (AvgIpc) is 3.36. The van der Waals surface area contributed by atoms with Gasteiger partial charge in [-0.05, 0) is 73.6 Å². The van der Waals surface area contributed by atoms with E-state index in [0.29, 0.717) is 34.6 Å². The zero-order valence-corrected chi connectivity index (χ0v) is 20.8. The first-order valence-electron chi connectivity index (χ1n) is 12.0. The molecule has 2 N–H and O–H groups in total. The summed E-state index contributed by atoms with van der Waals surface area (Å²) in [6, 6.07) is 12.0. The van der Waals surface area contributed by atoms with Crippen LogP contribution in [0, 0.1) is 6.92 Å². The summed E-state index contributed by atoms with van der Waals surface area (Å²) in [5.41, 5.74) is 4.97. The highest BCUT2D eigenvalue weighted by Crippen LogP contribution is 2.40. The Hall–Kier alpha value is -3.65. The summed E-state index contributed by atoms with van der Waals surface area (Å²) in [5, 5.41) is 12.0. The molecular weight excluding hydrogens is 478 g/mol. The number of carbonyl (C=O) groups excluding carboxylic acids is 1. The number of nitrogens with one attached hydrogen (secondary N) is 1. The van der Waals surface area contributed by atoms with E-state index in [0.717, 1.165) is 48.1 Å². The maximum absolute atomic E-state index is 13.3. The van der Waals surface area contributed by atoms with Crippen molar-refractivity contribution < 1.29 is 27.5 Å². The summed E-state index contributed by atoms with van der Waals surface area (Å²) in [6.45, 7) is 1.87. The van der Waals surface area contributed by atoms with E-state index >= 15 is 0 Å². The molecule has 3 aromatic rings. The standard InChI is InChI=1S/C28H27NO6S/c1-17-18(12-14-26(30)31)11-13-23-27(17)21(28(32)29-23)15-25-22(20-9-5-6-10-24(20)35-25)16-36(33,34)19-7-3-2-4-8-19/h2-4,7-8,11,13,15H,5-6,9-10,12,14,16H2,1H3,(H,29,32)(H,30,31). The molecule has 1 aromatic heterocycles.